The van der Waals surface area contributed by atoms with E-state index in [9.17, 15) is 9.59 Å². The minimum absolute atomic E-state index is 0.377. The Bertz CT molecular complexity index is 669. The van der Waals surface area contributed by atoms with Crippen LogP contribution in [-0.2, 0) is 17.8 Å². The average Bonchev–Trinajstić information content (AvgIpc) is 2.78. The van der Waals surface area contributed by atoms with Gasteiger partial charge in [0.15, 0.2) is 11.2 Å². The molecule has 0 aliphatic carbocycles. The third-order valence-corrected chi connectivity index (χ3v) is 2.85. The van der Waals surface area contributed by atoms with Crippen molar-refractivity contribution in [3.63, 3.8) is 0 Å². The first-order valence-electron chi connectivity index (χ1n) is 6.06. The van der Waals surface area contributed by atoms with Crippen molar-refractivity contribution in [1.29, 1.82) is 0 Å². The Morgan fingerprint density at radius 1 is 1.42 bits per heavy atom. The van der Waals surface area contributed by atoms with E-state index in [2.05, 4.69) is 9.97 Å². The zero-order chi connectivity index (χ0) is 13.8. The van der Waals surface area contributed by atoms with Crippen molar-refractivity contribution in [2.75, 3.05) is 20.3 Å². The van der Waals surface area contributed by atoms with E-state index in [4.69, 9.17) is 10.5 Å². The first kappa shape index (κ1) is 13.5. The van der Waals surface area contributed by atoms with Gasteiger partial charge in [-0.3, -0.25) is 14.3 Å². The molecule has 0 saturated heterocycles. The van der Waals surface area contributed by atoms with Gasteiger partial charge in [-0.1, -0.05) is 0 Å². The van der Waals surface area contributed by atoms with Gasteiger partial charge >= 0.3 is 5.69 Å². The van der Waals surface area contributed by atoms with Gasteiger partial charge < -0.3 is 15.0 Å². The molecule has 2 aromatic rings. The summed E-state index contributed by atoms with van der Waals surface area (Å²) in [4.78, 5) is 30.1. The summed E-state index contributed by atoms with van der Waals surface area (Å²) in [5.74, 6) is 0. The van der Waals surface area contributed by atoms with E-state index in [-0.39, 0.29) is 0 Å². The molecular formula is C11H17N5O3. The van der Waals surface area contributed by atoms with Crippen molar-refractivity contribution < 1.29 is 4.74 Å². The monoisotopic (exact) mass is 267 g/mol. The second-order valence-electron chi connectivity index (χ2n) is 4.16. The van der Waals surface area contributed by atoms with Gasteiger partial charge in [0.25, 0.3) is 5.56 Å². The van der Waals surface area contributed by atoms with Crippen molar-refractivity contribution in [1.82, 2.24) is 19.1 Å². The van der Waals surface area contributed by atoms with Crippen LogP contribution >= 0.6 is 0 Å². The molecule has 0 fully saturated rings. The number of aryl methyl sites for hydroxylation is 1. The molecule has 0 spiro atoms. The van der Waals surface area contributed by atoms with Crippen LogP contribution in [0, 0.1) is 0 Å². The van der Waals surface area contributed by atoms with Crippen LogP contribution < -0.4 is 17.0 Å². The Kier molecular flexibility index (Phi) is 4.13. The van der Waals surface area contributed by atoms with Crippen LogP contribution in [0.1, 0.15) is 6.42 Å². The highest BCUT2D eigenvalue weighted by atomic mass is 16.5. The molecule has 0 atom stereocenters. The van der Waals surface area contributed by atoms with Crippen LogP contribution in [-0.4, -0.2) is 39.4 Å². The van der Waals surface area contributed by atoms with Crippen LogP contribution in [0.15, 0.2) is 15.9 Å². The number of fused-ring (bicyclic) bond motifs is 1. The Morgan fingerprint density at radius 3 is 2.89 bits per heavy atom. The predicted octanol–water partition coefficient (Wildman–Crippen LogP) is -1.12. The van der Waals surface area contributed by atoms with Gasteiger partial charge in [-0.15, -0.1) is 0 Å². The SMILES string of the molecule is COCCCn1c(=O)[nH]c(=O)c2c1ncn2CCN. The molecule has 0 aromatic carbocycles. The highest BCUT2D eigenvalue weighted by molar-refractivity contribution is 5.69. The molecule has 2 heterocycles. The normalized spacial score (nSPS) is 11.3. The predicted molar refractivity (Wildman–Crippen MR) is 70.2 cm³/mol. The lowest BCUT2D eigenvalue weighted by Crippen LogP contribution is -2.31. The molecule has 3 N–H and O–H groups in total. The maximum absolute atomic E-state index is 11.8. The molecule has 104 valence electrons. The summed E-state index contributed by atoms with van der Waals surface area (Å²) in [6.45, 7) is 1.86. The first-order chi connectivity index (χ1) is 9.19. The molecule has 0 unspecified atom stereocenters. The lowest BCUT2D eigenvalue weighted by atomic mass is 10.4. The Balaban J connectivity index is 2.51. The number of ether oxygens (including phenoxy) is 1. The number of H-pyrrole nitrogens is 1. The molecule has 0 bridgehead atoms. The zero-order valence-electron chi connectivity index (χ0n) is 10.8. The second kappa shape index (κ2) is 5.81. The number of aromatic nitrogens is 4. The topological polar surface area (TPSA) is 108 Å². The van der Waals surface area contributed by atoms with Crippen LogP contribution in [0.3, 0.4) is 0 Å². The van der Waals surface area contributed by atoms with Gasteiger partial charge in [0.05, 0.1) is 6.33 Å². The fraction of sp³-hybridized carbons (Fsp3) is 0.545. The zero-order valence-corrected chi connectivity index (χ0v) is 10.8. The van der Waals surface area contributed by atoms with Crippen LogP contribution in [0.5, 0.6) is 0 Å². The van der Waals surface area contributed by atoms with E-state index < -0.39 is 11.2 Å². The number of nitrogens with two attached hydrogens (primary N) is 1. The number of hydrogen-bond donors (Lipinski definition) is 2. The molecule has 2 aromatic heterocycles. The van der Waals surface area contributed by atoms with E-state index in [1.54, 1.807) is 11.7 Å². The van der Waals surface area contributed by atoms with Crippen molar-refractivity contribution in [2.45, 2.75) is 19.5 Å². The van der Waals surface area contributed by atoms with E-state index in [0.717, 1.165) is 0 Å². The fourth-order valence-corrected chi connectivity index (χ4v) is 2.00. The highest BCUT2D eigenvalue weighted by Gasteiger charge is 2.12. The van der Waals surface area contributed by atoms with E-state index in [1.165, 1.54) is 10.9 Å². The number of hydrogen-bond acceptors (Lipinski definition) is 5. The van der Waals surface area contributed by atoms with Gasteiger partial charge in [-0.05, 0) is 6.42 Å². The number of imidazole rings is 1. The lowest BCUT2D eigenvalue weighted by molar-refractivity contribution is 0.190. The summed E-state index contributed by atoms with van der Waals surface area (Å²) in [7, 11) is 1.60. The van der Waals surface area contributed by atoms with E-state index >= 15 is 0 Å². The second-order valence-corrected chi connectivity index (χ2v) is 4.16. The number of aromatic amines is 1. The summed E-state index contributed by atoms with van der Waals surface area (Å²) in [5, 5.41) is 0. The fourth-order valence-electron chi connectivity index (χ4n) is 2.00. The summed E-state index contributed by atoms with van der Waals surface area (Å²) < 4.78 is 8.05. The molecule has 0 aliphatic heterocycles. The summed E-state index contributed by atoms with van der Waals surface area (Å²) >= 11 is 0. The minimum atomic E-state index is -0.452. The van der Waals surface area contributed by atoms with Crippen molar-refractivity contribution >= 4 is 11.2 Å². The Morgan fingerprint density at radius 2 is 2.21 bits per heavy atom. The smallest absolute Gasteiger partial charge is 0.330 e. The molecule has 8 heteroatoms. The molecule has 0 saturated carbocycles. The maximum atomic E-state index is 11.8. The quantitative estimate of drug-likeness (QED) is 0.645. The average molecular weight is 267 g/mol. The minimum Gasteiger partial charge on any atom is -0.385 e. The van der Waals surface area contributed by atoms with E-state index in [1.807, 2.05) is 0 Å². The third kappa shape index (κ3) is 2.59. The molecule has 19 heavy (non-hydrogen) atoms. The molecule has 8 nitrogen and oxygen atoms in total. The van der Waals surface area contributed by atoms with E-state index in [0.29, 0.717) is 43.8 Å². The summed E-state index contributed by atoms with van der Waals surface area (Å²) in [6.07, 6.45) is 2.19. The van der Waals surface area contributed by atoms with Gasteiger partial charge in [0, 0.05) is 33.4 Å². The molecule has 2 rings (SSSR count). The van der Waals surface area contributed by atoms with Crippen molar-refractivity contribution in [3.05, 3.63) is 27.2 Å². The Labute approximate surface area is 108 Å². The molecule has 0 aliphatic rings. The van der Waals surface area contributed by atoms with Gasteiger partial charge in [0.2, 0.25) is 0 Å². The van der Waals surface area contributed by atoms with Gasteiger partial charge in [-0.2, -0.15) is 0 Å². The largest absolute Gasteiger partial charge is 0.385 e. The first-order valence-corrected chi connectivity index (χ1v) is 6.06. The summed E-state index contributed by atoms with van der Waals surface area (Å²) in [5.41, 5.74) is 5.36. The van der Waals surface area contributed by atoms with Crippen LogP contribution in [0.4, 0.5) is 0 Å². The summed E-state index contributed by atoms with van der Waals surface area (Å²) in [6, 6.07) is 0. The van der Waals surface area contributed by atoms with Gasteiger partial charge in [-0.25, -0.2) is 9.78 Å². The lowest BCUT2D eigenvalue weighted by Gasteiger charge is -2.06. The van der Waals surface area contributed by atoms with Crippen LogP contribution in [0.25, 0.3) is 11.2 Å². The number of nitrogens with one attached hydrogen (secondary N) is 1. The standard InChI is InChI=1S/C11H17N5O3/c1-19-6-2-4-16-9-8(10(17)14-11(16)18)15(5-3-12)7-13-9/h7H,2-6,12H2,1H3,(H,14,17,18). The maximum Gasteiger partial charge on any atom is 0.330 e. The molecule has 0 amide bonds. The Hall–Kier alpha value is -1.93. The third-order valence-electron chi connectivity index (χ3n) is 2.85. The number of rotatable bonds is 6. The van der Waals surface area contributed by atoms with Gasteiger partial charge in [0.1, 0.15) is 0 Å². The number of methoxy groups -OCH3 is 1. The van der Waals surface area contributed by atoms with Crippen molar-refractivity contribution in [2.24, 2.45) is 5.73 Å². The van der Waals surface area contributed by atoms with Crippen LogP contribution in [0.2, 0.25) is 0 Å². The highest BCUT2D eigenvalue weighted by Crippen LogP contribution is 2.06. The molecular weight excluding hydrogens is 250 g/mol. The molecule has 0 radical (unpaired) electrons. The number of nitrogens with zero attached hydrogens (tertiary/aromatic N) is 3. The van der Waals surface area contributed by atoms with Crippen molar-refractivity contribution in [3.8, 4) is 0 Å².